The fourth-order valence-electron chi connectivity index (χ4n) is 2.20. The molecule has 0 bridgehead atoms. The van der Waals surface area contributed by atoms with Gasteiger partial charge < -0.3 is 15.4 Å². The molecule has 122 valence electrons. The van der Waals surface area contributed by atoms with E-state index in [0.29, 0.717) is 19.7 Å². The molecule has 23 heavy (non-hydrogen) atoms. The first-order valence-corrected chi connectivity index (χ1v) is 7.97. The summed E-state index contributed by atoms with van der Waals surface area (Å²) in [6.45, 7) is 5.60. The number of ether oxygens (including phenoxy) is 1. The van der Waals surface area contributed by atoms with Crippen molar-refractivity contribution in [2.24, 2.45) is 0 Å². The highest BCUT2D eigenvalue weighted by molar-refractivity contribution is 5.73. The van der Waals surface area contributed by atoms with Crippen LogP contribution < -0.4 is 15.4 Å². The van der Waals surface area contributed by atoms with Crippen molar-refractivity contribution in [2.75, 3.05) is 13.2 Å². The molecule has 0 heterocycles. The van der Waals surface area contributed by atoms with Crippen molar-refractivity contribution < 1.29 is 9.53 Å². The molecule has 2 N–H and O–H groups in total. The average molecular weight is 312 g/mol. The third-order valence-electron chi connectivity index (χ3n) is 3.69. The summed E-state index contributed by atoms with van der Waals surface area (Å²) in [7, 11) is 0. The number of aryl methyl sites for hydroxylation is 2. The Bertz CT molecular complexity index is 624. The number of hydrogen-bond donors (Lipinski definition) is 2. The lowest BCUT2D eigenvalue weighted by Gasteiger charge is -2.10. The number of nitrogens with one attached hydrogen (secondary N) is 2. The van der Waals surface area contributed by atoms with Gasteiger partial charge in [-0.1, -0.05) is 43.3 Å². The van der Waals surface area contributed by atoms with Crippen molar-refractivity contribution in [3.63, 3.8) is 0 Å². The van der Waals surface area contributed by atoms with Crippen molar-refractivity contribution in [3.05, 3.63) is 65.2 Å². The maximum atomic E-state index is 11.7. The van der Waals surface area contributed by atoms with E-state index in [1.165, 1.54) is 11.1 Å². The highest BCUT2D eigenvalue weighted by atomic mass is 16.5. The first-order chi connectivity index (χ1) is 11.2. The van der Waals surface area contributed by atoms with E-state index in [2.05, 4.69) is 29.7 Å². The quantitative estimate of drug-likeness (QED) is 0.770. The second-order valence-electron chi connectivity index (χ2n) is 5.38. The molecule has 0 aliphatic rings. The first kappa shape index (κ1) is 16.9. The molecule has 0 fully saturated rings. The Labute approximate surface area is 137 Å². The van der Waals surface area contributed by atoms with Crippen LogP contribution in [0.3, 0.4) is 0 Å². The van der Waals surface area contributed by atoms with Crippen LogP contribution in [0.2, 0.25) is 0 Å². The van der Waals surface area contributed by atoms with Crippen molar-refractivity contribution >= 4 is 6.03 Å². The van der Waals surface area contributed by atoms with E-state index in [0.717, 1.165) is 17.7 Å². The zero-order chi connectivity index (χ0) is 16.5. The summed E-state index contributed by atoms with van der Waals surface area (Å²) < 4.78 is 5.60. The Morgan fingerprint density at radius 2 is 1.78 bits per heavy atom. The Kier molecular flexibility index (Phi) is 6.48. The molecule has 2 rings (SSSR count). The lowest BCUT2D eigenvalue weighted by molar-refractivity contribution is 0.236. The topological polar surface area (TPSA) is 50.4 Å². The zero-order valence-electron chi connectivity index (χ0n) is 13.8. The molecule has 0 aliphatic heterocycles. The van der Waals surface area contributed by atoms with Crippen LogP contribution in [0.5, 0.6) is 5.75 Å². The molecule has 0 saturated heterocycles. The van der Waals surface area contributed by atoms with Crippen LogP contribution in [-0.4, -0.2) is 19.2 Å². The van der Waals surface area contributed by atoms with Crippen molar-refractivity contribution in [1.29, 1.82) is 0 Å². The summed E-state index contributed by atoms with van der Waals surface area (Å²) >= 11 is 0. The molecule has 2 amide bonds. The van der Waals surface area contributed by atoms with E-state index < -0.39 is 0 Å². The van der Waals surface area contributed by atoms with E-state index in [9.17, 15) is 4.79 Å². The van der Waals surface area contributed by atoms with Crippen LogP contribution in [0.4, 0.5) is 4.79 Å². The van der Waals surface area contributed by atoms with Gasteiger partial charge in [0.15, 0.2) is 0 Å². The van der Waals surface area contributed by atoms with E-state index in [4.69, 9.17) is 4.74 Å². The summed E-state index contributed by atoms with van der Waals surface area (Å²) in [6.07, 6.45) is 1.02. The highest BCUT2D eigenvalue weighted by Crippen LogP contribution is 2.12. The molecule has 0 saturated carbocycles. The molecule has 0 aromatic heterocycles. The minimum absolute atomic E-state index is 0.182. The summed E-state index contributed by atoms with van der Waals surface area (Å²) in [5, 5.41) is 5.64. The van der Waals surface area contributed by atoms with Crippen LogP contribution in [0.1, 0.15) is 23.6 Å². The zero-order valence-corrected chi connectivity index (χ0v) is 13.8. The van der Waals surface area contributed by atoms with Crippen LogP contribution in [0.15, 0.2) is 48.5 Å². The second-order valence-corrected chi connectivity index (χ2v) is 5.38. The molecule has 4 heteroatoms. The normalized spacial score (nSPS) is 10.2. The minimum atomic E-state index is -0.182. The fourth-order valence-corrected chi connectivity index (χ4v) is 2.20. The maximum absolute atomic E-state index is 11.7. The number of carbonyl (C=O) groups excluding carboxylic acids is 1. The Morgan fingerprint density at radius 1 is 1.04 bits per heavy atom. The highest BCUT2D eigenvalue weighted by Gasteiger charge is 2.02. The van der Waals surface area contributed by atoms with Crippen LogP contribution >= 0.6 is 0 Å². The smallest absolute Gasteiger partial charge is 0.315 e. The van der Waals surface area contributed by atoms with Crippen LogP contribution in [0.25, 0.3) is 0 Å². The molecular formula is C19H24N2O2. The lowest BCUT2D eigenvalue weighted by atomic mass is 10.1. The Balaban J connectivity index is 1.63. The summed E-state index contributed by atoms with van der Waals surface area (Å²) in [4.78, 5) is 11.7. The van der Waals surface area contributed by atoms with E-state index >= 15 is 0 Å². The third kappa shape index (κ3) is 5.66. The monoisotopic (exact) mass is 312 g/mol. The molecule has 2 aromatic carbocycles. The summed E-state index contributed by atoms with van der Waals surface area (Å²) in [6, 6.07) is 15.8. The number of carbonyl (C=O) groups is 1. The number of benzene rings is 2. The van der Waals surface area contributed by atoms with Gasteiger partial charge in [0.25, 0.3) is 0 Å². The third-order valence-corrected chi connectivity index (χ3v) is 3.69. The number of amides is 2. The number of hydrogen-bond acceptors (Lipinski definition) is 2. The van der Waals surface area contributed by atoms with Crippen LogP contribution in [-0.2, 0) is 13.0 Å². The van der Waals surface area contributed by atoms with E-state index in [1.54, 1.807) is 0 Å². The minimum Gasteiger partial charge on any atom is -0.492 e. The molecular weight excluding hydrogens is 288 g/mol. The SMILES string of the molecule is CCc1ccc(OCCNC(=O)NCc2ccccc2C)cc1. The van der Waals surface area contributed by atoms with Gasteiger partial charge in [0.2, 0.25) is 0 Å². The molecule has 0 spiro atoms. The van der Waals surface area contributed by atoms with Gasteiger partial charge in [0, 0.05) is 6.54 Å². The van der Waals surface area contributed by atoms with E-state index in [1.807, 2.05) is 43.3 Å². The first-order valence-electron chi connectivity index (χ1n) is 7.97. The molecule has 0 atom stereocenters. The largest absolute Gasteiger partial charge is 0.492 e. The summed E-state index contributed by atoms with van der Waals surface area (Å²) in [5.74, 6) is 0.823. The number of rotatable bonds is 7. The van der Waals surface area contributed by atoms with Gasteiger partial charge in [-0.15, -0.1) is 0 Å². The van der Waals surface area contributed by atoms with Crippen LogP contribution in [0, 0.1) is 6.92 Å². The van der Waals surface area contributed by atoms with Gasteiger partial charge in [-0.25, -0.2) is 4.79 Å². The van der Waals surface area contributed by atoms with Crippen molar-refractivity contribution in [3.8, 4) is 5.75 Å². The lowest BCUT2D eigenvalue weighted by Crippen LogP contribution is -2.37. The molecule has 0 aliphatic carbocycles. The predicted octanol–water partition coefficient (Wildman–Crippen LogP) is 3.44. The molecule has 2 aromatic rings. The Hall–Kier alpha value is -2.49. The van der Waals surface area contributed by atoms with Crippen molar-refractivity contribution in [1.82, 2.24) is 10.6 Å². The van der Waals surface area contributed by atoms with Crippen molar-refractivity contribution in [2.45, 2.75) is 26.8 Å². The predicted molar refractivity (Wildman–Crippen MR) is 92.7 cm³/mol. The standard InChI is InChI=1S/C19H24N2O2/c1-3-16-8-10-18(11-9-16)23-13-12-20-19(22)21-14-17-7-5-4-6-15(17)2/h4-11H,3,12-14H2,1-2H3,(H2,20,21,22). The van der Waals surface area contributed by atoms with Gasteiger partial charge >= 0.3 is 6.03 Å². The molecule has 0 radical (unpaired) electrons. The summed E-state index contributed by atoms with van der Waals surface area (Å²) in [5.41, 5.74) is 3.58. The van der Waals surface area contributed by atoms with E-state index in [-0.39, 0.29) is 6.03 Å². The average Bonchev–Trinajstić information content (AvgIpc) is 2.58. The van der Waals surface area contributed by atoms with Gasteiger partial charge in [-0.05, 0) is 42.2 Å². The van der Waals surface area contributed by atoms with Gasteiger partial charge in [0.1, 0.15) is 12.4 Å². The Morgan fingerprint density at radius 3 is 2.48 bits per heavy atom. The van der Waals surface area contributed by atoms with Gasteiger partial charge in [0.05, 0.1) is 6.54 Å². The maximum Gasteiger partial charge on any atom is 0.315 e. The fraction of sp³-hybridized carbons (Fsp3) is 0.316. The van der Waals surface area contributed by atoms with Gasteiger partial charge in [-0.3, -0.25) is 0 Å². The van der Waals surface area contributed by atoms with Gasteiger partial charge in [-0.2, -0.15) is 0 Å². The second kappa shape index (κ2) is 8.83. The molecule has 0 unspecified atom stereocenters. The number of urea groups is 1. The molecule has 4 nitrogen and oxygen atoms in total.